The smallest absolute Gasteiger partial charge is 0.246 e. The molecule has 2 aromatic rings. The van der Waals surface area contributed by atoms with Crippen LogP contribution in [-0.4, -0.2) is 23.4 Å². The second kappa shape index (κ2) is 5.86. The van der Waals surface area contributed by atoms with Crippen LogP contribution in [0.3, 0.4) is 0 Å². The van der Waals surface area contributed by atoms with Crippen molar-refractivity contribution in [2.45, 2.75) is 45.2 Å². The Bertz CT molecular complexity index is 713. The molecule has 2 heterocycles. The number of nitrogens with two attached hydrogens (primary N) is 1. The van der Waals surface area contributed by atoms with E-state index in [1.807, 2.05) is 6.92 Å². The van der Waals surface area contributed by atoms with Gasteiger partial charge in [0.05, 0.1) is 5.69 Å². The number of sulfonamides is 1. The summed E-state index contributed by atoms with van der Waals surface area (Å²) in [6.45, 7) is 6.18. The van der Waals surface area contributed by atoms with Crippen LogP contribution >= 0.6 is 0 Å². The van der Waals surface area contributed by atoms with E-state index in [9.17, 15) is 8.42 Å². The summed E-state index contributed by atoms with van der Waals surface area (Å²) in [5.41, 5.74) is 7.06. The lowest BCUT2D eigenvalue weighted by atomic mass is 10.2. The van der Waals surface area contributed by atoms with Gasteiger partial charge in [-0.05, 0) is 20.3 Å². The van der Waals surface area contributed by atoms with Crippen molar-refractivity contribution in [3.63, 3.8) is 0 Å². The molecule has 0 aliphatic rings. The molecule has 2 aromatic heterocycles. The standard InChI is InChI=1S/C12H19N5O3S/c1-4-5-17-7-11(12(13)15-17)21(18,19)14-6-10-8(2)16-20-9(10)3/h7,14H,4-6H2,1-3H3,(H2,13,15). The average molecular weight is 313 g/mol. The summed E-state index contributed by atoms with van der Waals surface area (Å²) in [7, 11) is -3.73. The molecule has 0 bridgehead atoms. The van der Waals surface area contributed by atoms with E-state index in [0.717, 1.165) is 12.0 Å². The third-order valence-electron chi connectivity index (χ3n) is 3.12. The molecule has 0 aliphatic heterocycles. The molecule has 0 unspecified atom stereocenters. The Morgan fingerprint density at radius 3 is 2.71 bits per heavy atom. The van der Waals surface area contributed by atoms with Crippen molar-refractivity contribution >= 4 is 15.8 Å². The second-order valence-corrected chi connectivity index (χ2v) is 6.50. The number of rotatable bonds is 6. The number of nitrogen functional groups attached to an aromatic ring is 1. The highest BCUT2D eigenvalue weighted by atomic mass is 32.2. The Kier molecular flexibility index (Phi) is 4.33. The van der Waals surface area contributed by atoms with Gasteiger partial charge in [-0.1, -0.05) is 12.1 Å². The number of nitrogens with zero attached hydrogens (tertiary/aromatic N) is 3. The summed E-state index contributed by atoms with van der Waals surface area (Å²) >= 11 is 0. The molecular formula is C12H19N5O3S. The van der Waals surface area contributed by atoms with Crippen molar-refractivity contribution < 1.29 is 12.9 Å². The number of aromatic nitrogens is 3. The van der Waals surface area contributed by atoms with E-state index in [-0.39, 0.29) is 17.3 Å². The van der Waals surface area contributed by atoms with Crippen molar-refractivity contribution in [3.05, 3.63) is 23.2 Å². The number of anilines is 1. The van der Waals surface area contributed by atoms with Crippen LogP contribution in [0.4, 0.5) is 5.82 Å². The maximum atomic E-state index is 12.3. The fraction of sp³-hybridized carbons (Fsp3) is 0.500. The monoisotopic (exact) mass is 313 g/mol. The SMILES string of the molecule is CCCn1cc(S(=O)(=O)NCc2c(C)noc2C)c(N)n1. The Morgan fingerprint density at radius 2 is 2.14 bits per heavy atom. The topological polar surface area (TPSA) is 116 Å². The number of hydrogen-bond acceptors (Lipinski definition) is 6. The minimum absolute atomic E-state index is 0.00490. The first-order valence-electron chi connectivity index (χ1n) is 6.59. The zero-order valence-corrected chi connectivity index (χ0v) is 13.1. The van der Waals surface area contributed by atoms with Gasteiger partial charge in [0, 0.05) is 24.8 Å². The molecule has 0 radical (unpaired) electrons. The second-order valence-electron chi connectivity index (χ2n) is 4.77. The molecule has 2 rings (SSSR count). The molecule has 9 heteroatoms. The largest absolute Gasteiger partial charge is 0.381 e. The van der Waals surface area contributed by atoms with Gasteiger partial charge in [0.25, 0.3) is 0 Å². The fourth-order valence-corrected chi connectivity index (χ4v) is 3.03. The summed E-state index contributed by atoms with van der Waals surface area (Å²) in [5.74, 6) is 0.583. The first-order chi connectivity index (χ1) is 9.85. The van der Waals surface area contributed by atoms with Crippen LogP contribution in [0.2, 0.25) is 0 Å². The van der Waals surface area contributed by atoms with E-state index in [1.165, 1.54) is 10.9 Å². The van der Waals surface area contributed by atoms with Gasteiger partial charge in [0.1, 0.15) is 10.7 Å². The van der Waals surface area contributed by atoms with Gasteiger partial charge in [-0.2, -0.15) is 5.10 Å². The van der Waals surface area contributed by atoms with Gasteiger partial charge in [-0.25, -0.2) is 13.1 Å². The van der Waals surface area contributed by atoms with Crippen molar-refractivity contribution in [1.82, 2.24) is 19.7 Å². The molecule has 116 valence electrons. The highest BCUT2D eigenvalue weighted by Crippen LogP contribution is 2.18. The Labute approximate surface area is 123 Å². The van der Waals surface area contributed by atoms with Crippen LogP contribution in [-0.2, 0) is 23.1 Å². The van der Waals surface area contributed by atoms with E-state index in [0.29, 0.717) is 18.0 Å². The van der Waals surface area contributed by atoms with Crippen molar-refractivity contribution in [3.8, 4) is 0 Å². The maximum Gasteiger partial charge on any atom is 0.246 e. The Hall–Kier alpha value is -1.87. The lowest BCUT2D eigenvalue weighted by molar-refractivity contribution is 0.392. The predicted molar refractivity (Wildman–Crippen MR) is 76.9 cm³/mol. The number of aryl methyl sites for hydroxylation is 3. The predicted octanol–water partition coefficient (Wildman–Crippen LogP) is 0.959. The zero-order chi connectivity index (χ0) is 15.6. The van der Waals surface area contributed by atoms with Gasteiger partial charge >= 0.3 is 0 Å². The van der Waals surface area contributed by atoms with E-state index >= 15 is 0 Å². The van der Waals surface area contributed by atoms with Crippen molar-refractivity contribution in [2.75, 3.05) is 5.73 Å². The highest BCUT2D eigenvalue weighted by molar-refractivity contribution is 7.89. The lowest BCUT2D eigenvalue weighted by Crippen LogP contribution is -2.24. The summed E-state index contributed by atoms with van der Waals surface area (Å²) in [6, 6.07) is 0. The Morgan fingerprint density at radius 1 is 1.43 bits per heavy atom. The molecule has 3 N–H and O–H groups in total. The zero-order valence-electron chi connectivity index (χ0n) is 12.3. The summed E-state index contributed by atoms with van der Waals surface area (Å²) < 4.78 is 33.6. The molecule has 0 saturated heterocycles. The molecule has 0 aromatic carbocycles. The summed E-state index contributed by atoms with van der Waals surface area (Å²) in [6.07, 6.45) is 2.28. The minimum Gasteiger partial charge on any atom is -0.381 e. The minimum atomic E-state index is -3.73. The summed E-state index contributed by atoms with van der Waals surface area (Å²) in [4.78, 5) is -0.0114. The van der Waals surface area contributed by atoms with E-state index in [1.54, 1.807) is 13.8 Å². The number of nitrogens with one attached hydrogen (secondary N) is 1. The van der Waals surface area contributed by atoms with E-state index in [2.05, 4.69) is 15.0 Å². The first-order valence-corrected chi connectivity index (χ1v) is 8.07. The van der Waals surface area contributed by atoms with Gasteiger partial charge in [0.15, 0.2) is 5.82 Å². The first kappa shape index (κ1) is 15.5. The maximum absolute atomic E-state index is 12.3. The molecule has 8 nitrogen and oxygen atoms in total. The van der Waals surface area contributed by atoms with Gasteiger partial charge in [-0.15, -0.1) is 0 Å². The van der Waals surface area contributed by atoms with Crippen LogP contribution in [0.15, 0.2) is 15.6 Å². The van der Waals surface area contributed by atoms with Crippen molar-refractivity contribution in [2.24, 2.45) is 0 Å². The highest BCUT2D eigenvalue weighted by Gasteiger charge is 2.22. The van der Waals surface area contributed by atoms with E-state index in [4.69, 9.17) is 10.3 Å². The lowest BCUT2D eigenvalue weighted by Gasteiger charge is -2.05. The average Bonchev–Trinajstić information content (AvgIpc) is 2.92. The van der Waals surface area contributed by atoms with E-state index < -0.39 is 10.0 Å². The van der Waals surface area contributed by atoms with Gasteiger partial charge < -0.3 is 10.3 Å². The molecule has 0 aliphatic carbocycles. The van der Waals surface area contributed by atoms with Crippen LogP contribution in [0, 0.1) is 13.8 Å². The molecule has 0 amide bonds. The van der Waals surface area contributed by atoms with Crippen molar-refractivity contribution in [1.29, 1.82) is 0 Å². The molecule has 0 atom stereocenters. The van der Waals surface area contributed by atoms with Crippen LogP contribution in [0.1, 0.15) is 30.4 Å². The van der Waals surface area contributed by atoms with Crippen LogP contribution in [0.5, 0.6) is 0 Å². The quantitative estimate of drug-likeness (QED) is 0.820. The Balaban J connectivity index is 2.19. The van der Waals surface area contributed by atoms with Crippen LogP contribution < -0.4 is 10.5 Å². The van der Waals surface area contributed by atoms with Crippen LogP contribution in [0.25, 0.3) is 0 Å². The normalized spacial score (nSPS) is 12.0. The molecule has 0 saturated carbocycles. The third-order valence-corrected chi connectivity index (χ3v) is 4.54. The molecule has 21 heavy (non-hydrogen) atoms. The number of hydrogen-bond donors (Lipinski definition) is 2. The van der Waals surface area contributed by atoms with Gasteiger partial charge in [-0.3, -0.25) is 4.68 Å². The molecule has 0 spiro atoms. The molecular weight excluding hydrogens is 294 g/mol. The fourth-order valence-electron chi connectivity index (χ4n) is 1.97. The molecule has 0 fully saturated rings. The van der Waals surface area contributed by atoms with Gasteiger partial charge in [0.2, 0.25) is 10.0 Å². The summed E-state index contributed by atoms with van der Waals surface area (Å²) in [5, 5.41) is 7.78. The third kappa shape index (κ3) is 3.24.